The van der Waals surface area contributed by atoms with Crippen LogP contribution in [0, 0.1) is 5.82 Å². The molecule has 0 radical (unpaired) electrons. The summed E-state index contributed by atoms with van der Waals surface area (Å²) in [7, 11) is 4.07. The van der Waals surface area contributed by atoms with Crippen LogP contribution in [0.25, 0.3) is 0 Å². The number of nitrogens with one attached hydrogen (secondary N) is 1. The van der Waals surface area contributed by atoms with Crippen LogP contribution in [-0.4, -0.2) is 37.8 Å². The van der Waals surface area contributed by atoms with Crippen molar-refractivity contribution in [3.05, 3.63) is 29.6 Å². The molecule has 0 heterocycles. The molecule has 1 N–H and O–H groups in total. The van der Waals surface area contributed by atoms with Crippen LogP contribution in [-0.2, 0) is 0 Å². The molecule has 0 saturated carbocycles. The SMILES string of the molecule is CCCNC(C)c1cccc(F)c1SCCN(C)C. The van der Waals surface area contributed by atoms with Gasteiger partial charge in [0.1, 0.15) is 5.82 Å². The maximum Gasteiger partial charge on any atom is 0.137 e. The zero-order valence-electron chi connectivity index (χ0n) is 12.4. The highest BCUT2D eigenvalue weighted by atomic mass is 32.2. The molecule has 0 aliphatic rings. The molecule has 0 bridgehead atoms. The Bertz CT molecular complexity index is 382. The summed E-state index contributed by atoms with van der Waals surface area (Å²) in [5.41, 5.74) is 1.07. The minimum absolute atomic E-state index is 0.105. The Morgan fingerprint density at radius 1 is 1.37 bits per heavy atom. The van der Waals surface area contributed by atoms with Crippen molar-refractivity contribution in [2.45, 2.75) is 31.2 Å². The van der Waals surface area contributed by atoms with Crippen molar-refractivity contribution in [2.24, 2.45) is 0 Å². The summed E-state index contributed by atoms with van der Waals surface area (Å²) in [4.78, 5) is 2.91. The number of hydrogen-bond acceptors (Lipinski definition) is 3. The summed E-state index contributed by atoms with van der Waals surface area (Å²) in [5.74, 6) is 0.799. The molecule has 1 aromatic rings. The molecule has 0 aliphatic heterocycles. The number of benzene rings is 1. The molecule has 0 aliphatic carbocycles. The van der Waals surface area contributed by atoms with E-state index >= 15 is 0 Å². The third-order valence-corrected chi connectivity index (χ3v) is 4.06. The van der Waals surface area contributed by atoms with Crippen molar-refractivity contribution in [2.75, 3.05) is 32.9 Å². The van der Waals surface area contributed by atoms with E-state index in [1.807, 2.05) is 20.2 Å². The highest BCUT2D eigenvalue weighted by Gasteiger charge is 2.14. The molecule has 1 rings (SSSR count). The average molecular weight is 284 g/mol. The molecule has 0 saturated heterocycles. The Kier molecular flexibility index (Phi) is 7.42. The minimum atomic E-state index is -0.105. The highest BCUT2D eigenvalue weighted by Crippen LogP contribution is 2.30. The van der Waals surface area contributed by atoms with Crippen molar-refractivity contribution in [3.8, 4) is 0 Å². The quantitative estimate of drug-likeness (QED) is 0.735. The predicted octanol–water partition coefficient (Wildman–Crippen LogP) is 3.54. The summed E-state index contributed by atoms with van der Waals surface area (Å²) in [6.07, 6.45) is 1.09. The summed E-state index contributed by atoms with van der Waals surface area (Å²) >= 11 is 1.61. The Morgan fingerprint density at radius 3 is 2.74 bits per heavy atom. The van der Waals surface area contributed by atoms with Crippen molar-refractivity contribution < 1.29 is 4.39 Å². The smallest absolute Gasteiger partial charge is 0.137 e. The van der Waals surface area contributed by atoms with E-state index in [2.05, 4.69) is 24.1 Å². The van der Waals surface area contributed by atoms with Crippen molar-refractivity contribution in [1.29, 1.82) is 0 Å². The van der Waals surface area contributed by atoms with Gasteiger partial charge in [-0.1, -0.05) is 19.1 Å². The van der Waals surface area contributed by atoms with Crippen LogP contribution in [0.1, 0.15) is 31.9 Å². The molecule has 1 unspecified atom stereocenters. The Labute approximate surface area is 120 Å². The topological polar surface area (TPSA) is 15.3 Å². The lowest BCUT2D eigenvalue weighted by atomic mass is 10.1. The number of halogens is 1. The van der Waals surface area contributed by atoms with Crippen LogP contribution in [0.4, 0.5) is 4.39 Å². The molecule has 1 atom stereocenters. The number of hydrogen-bond donors (Lipinski definition) is 1. The molecule has 108 valence electrons. The average Bonchev–Trinajstić information content (AvgIpc) is 2.37. The molecular formula is C15H25FN2S. The first-order valence-electron chi connectivity index (χ1n) is 6.85. The third-order valence-electron chi connectivity index (χ3n) is 2.95. The second kappa shape index (κ2) is 8.56. The molecule has 0 fully saturated rings. The van der Waals surface area contributed by atoms with Gasteiger partial charge in [0.05, 0.1) is 0 Å². The maximum atomic E-state index is 14.0. The second-order valence-electron chi connectivity index (χ2n) is 4.99. The number of nitrogens with zero attached hydrogens (tertiary/aromatic N) is 1. The molecule has 2 nitrogen and oxygen atoms in total. The standard InChI is InChI=1S/C15H25FN2S/c1-5-9-17-12(2)13-7-6-8-14(16)15(13)19-11-10-18(3)4/h6-8,12,17H,5,9-11H2,1-4H3. The van der Waals surface area contributed by atoms with Gasteiger partial charge in [0, 0.05) is 23.2 Å². The minimum Gasteiger partial charge on any atom is -0.310 e. The highest BCUT2D eigenvalue weighted by molar-refractivity contribution is 7.99. The van der Waals surface area contributed by atoms with E-state index in [9.17, 15) is 4.39 Å². The fraction of sp³-hybridized carbons (Fsp3) is 0.600. The first-order valence-corrected chi connectivity index (χ1v) is 7.84. The van der Waals surface area contributed by atoms with Gasteiger partial charge in [-0.2, -0.15) is 0 Å². The third kappa shape index (κ3) is 5.51. The van der Waals surface area contributed by atoms with Crippen LogP contribution >= 0.6 is 11.8 Å². The van der Waals surface area contributed by atoms with E-state index in [0.29, 0.717) is 0 Å². The fourth-order valence-electron chi connectivity index (χ4n) is 1.82. The van der Waals surface area contributed by atoms with E-state index in [1.54, 1.807) is 23.9 Å². The molecule has 19 heavy (non-hydrogen) atoms. The van der Waals surface area contributed by atoms with Gasteiger partial charge in [0.15, 0.2) is 0 Å². The molecule has 0 amide bonds. The lowest BCUT2D eigenvalue weighted by Crippen LogP contribution is -2.20. The van der Waals surface area contributed by atoms with Gasteiger partial charge < -0.3 is 10.2 Å². The zero-order valence-corrected chi connectivity index (χ0v) is 13.2. The van der Waals surface area contributed by atoms with Crippen molar-refractivity contribution in [1.82, 2.24) is 10.2 Å². The molecule has 0 spiro atoms. The van der Waals surface area contributed by atoms with Gasteiger partial charge in [-0.05, 0) is 45.6 Å². The summed E-state index contributed by atoms with van der Waals surface area (Å²) in [6, 6.07) is 5.56. The first kappa shape index (κ1) is 16.5. The number of thioether (sulfide) groups is 1. The van der Waals surface area contributed by atoms with Crippen LogP contribution in [0.15, 0.2) is 23.1 Å². The largest absolute Gasteiger partial charge is 0.310 e. The summed E-state index contributed by atoms with van der Waals surface area (Å²) < 4.78 is 14.0. The van der Waals surface area contributed by atoms with Gasteiger partial charge in [-0.3, -0.25) is 0 Å². The lowest BCUT2D eigenvalue weighted by Gasteiger charge is -2.18. The van der Waals surface area contributed by atoms with Gasteiger partial charge in [-0.15, -0.1) is 11.8 Å². The van der Waals surface area contributed by atoms with Crippen LogP contribution < -0.4 is 5.32 Å². The monoisotopic (exact) mass is 284 g/mol. The summed E-state index contributed by atoms with van der Waals surface area (Å²) in [6.45, 7) is 6.15. The molecule has 4 heteroatoms. The molecule has 0 aromatic heterocycles. The Balaban J connectivity index is 2.76. The van der Waals surface area contributed by atoms with Gasteiger partial charge in [0.2, 0.25) is 0 Å². The van der Waals surface area contributed by atoms with Crippen molar-refractivity contribution in [3.63, 3.8) is 0 Å². The van der Waals surface area contributed by atoms with Crippen LogP contribution in [0.2, 0.25) is 0 Å². The normalized spacial score (nSPS) is 12.9. The fourth-order valence-corrected chi connectivity index (χ4v) is 3.10. The molecular weight excluding hydrogens is 259 g/mol. The second-order valence-corrected chi connectivity index (χ2v) is 6.09. The lowest BCUT2D eigenvalue weighted by molar-refractivity contribution is 0.437. The first-order chi connectivity index (χ1) is 9.06. The van der Waals surface area contributed by atoms with E-state index in [1.165, 1.54) is 0 Å². The Morgan fingerprint density at radius 2 is 2.11 bits per heavy atom. The van der Waals surface area contributed by atoms with Gasteiger partial charge in [-0.25, -0.2) is 4.39 Å². The van der Waals surface area contributed by atoms with Crippen LogP contribution in [0.5, 0.6) is 0 Å². The summed E-state index contributed by atoms with van der Waals surface area (Å²) in [5, 5.41) is 3.42. The zero-order chi connectivity index (χ0) is 14.3. The van der Waals surface area contributed by atoms with E-state index in [4.69, 9.17) is 0 Å². The number of rotatable bonds is 8. The Hall–Kier alpha value is -0.580. The van der Waals surface area contributed by atoms with Crippen molar-refractivity contribution >= 4 is 11.8 Å². The predicted molar refractivity (Wildman–Crippen MR) is 82.4 cm³/mol. The van der Waals surface area contributed by atoms with E-state index < -0.39 is 0 Å². The molecule has 1 aromatic carbocycles. The van der Waals surface area contributed by atoms with E-state index in [-0.39, 0.29) is 11.9 Å². The van der Waals surface area contributed by atoms with Gasteiger partial charge in [0.25, 0.3) is 0 Å². The van der Waals surface area contributed by atoms with E-state index in [0.717, 1.165) is 35.7 Å². The van der Waals surface area contributed by atoms with Gasteiger partial charge >= 0.3 is 0 Å². The maximum absolute atomic E-state index is 14.0. The van der Waals surface area contributed by atoms with Crippen LogP contribution in [0.3, 0.4) is 0 Å².